The van der Waals surface area contributed by atoms with E-state index in [-0.39, 0.29) is 29.8 Å². The van der Waals surface area contributed by atoms with Crippen LogP contribution in [0, 0.1) is 19.8 Å². The smallest absolute Gasteiger partial charge is 0.246 e. The predicted molar refractivity (Wildman–Crippen MR) is 126 cm³/mol. The van der Waals surface area contributed by atoms with Crippen molar-refractivity contribution in [2.75, 3.05) is 25.5 Å². The molecular formula is C24H28N4O4S. The van der Waals surface area contributed by atoms with Gasteiger partial charge in [-0.2, -0.15) is 9.40 Å². The van der Waals surface area contributed by atoms with Crippen LogP contribution < -0.4 is 10.1 Å². The number of aryl methyl sites for hydroxylation is 1. The van der Waals surface area contributed by atoms with Crippen molar-refractivity contribution in [1.29, 1.82) is 0 Å². The van der Waals surface area contributed by atoms with Gasteiger partial charge < -0.3 is 10.1 Å². The van der Waals surface area contributed by atoms with Gasteiger partial charge in [-0.3, -0.25) is 4.79 Å². The number of piperidine rings is 1. The van der Waals surface area contributed by atoms with Crippen molar-refractivity contribution in [3.8, 4) is 11.4 Å². The van der Waals surface area contributed by atoms with Gasteiger partial charge in [0.1, 0.15) is 10.6 Å². The fourth-order valence-corrected chi connectivity index (χ4v) is 6.12. The van der Waals surface area contributed by atoms with E-state index in [1.165, 1.54) is 4.31 Å². The average Bonchev–Trinajstić information content (AvgIpc) is 3.14. The van der Waals surface area contributed by atoms with Crippen LogP contribution in [0.4, 0.5) is 5.69 Å². The van der Waals surface area contributed by atoms with Gasteiger partial charge in [-0.15, -0.1) is 0 Å². The van der Waals surface area contributed by atoms with Crippen LogP contribution in [0.3, 0.4) is 0 Å². The van der Waals surface area contributed by atoms with E-state index in [0.29, 0.717) is 35.7 Å². The quantitative estimate of drug-likeness (QED) is 0.597. The Hall–Kier alpha value is -3.17. The van der Waals surface area contributed by atoms with Gasteiger partial charge in [0.05, 0.1) is 29.9 Å². The van der Waals surface area contributed by atoms with Crippen molar-refractivity contribution >= 4 is 21.6 Å². The minimum atomic E-state index is -3.73. The summed E-state index contributed by atoms with van der Waals surface area (Å²) in [6.45, 7) is 4.05. The molecule has 4 rings (SSSR count). The number of hydrogen-bond donors (Lipinski definition) is 1. The van der Waals surface area contributed by atoms with E-state index < -0.39 is 10.0 Å². The van der Waals surface area contributed by atoms with Crippen LogP contribution in [0.2, 0.25) is 0 Å². The Morgan fingerprint density at radius 3 is 2.33 bits per heavy atom. The molecule has 1 N–H and O–H groups in total. The summed E-state index contributed by atoms with van der Waals surface area (Å²) in [5.41, 5.74) is 2.47. The highest BCUT2D eigenvalue weighted by molar-refractivity contribution is 7.89. The van der Waals surface area contributed by atoms with Gasteiger partial charge in [-0.1, -0.05) is 30.3 Å². The molecule has 174 valence electrons. The Labute approximate surface area is 194 Å². The van der Waals surface area contributed by atoms with Gasteiger partial charge in [-0.25, -0.2) is 13.1 Å². The number of rotatable bonds is 6. The molecule has 1 fully saturated rings. The summed E-state index contributed by atoms with van der Waals surface area (Å²) in [6, 6.07) is 16.7. The first kappa shape index (κ1) is 23.0. The van der Waals surface area contributed by atoms with Gasteiger partial charge in [0.15, 0.2) is 0 Å². The summed E-state index contributed by atoms with van der Waals surface area (Å²) in [5.74, 6) is 0.198. The second-order valence-corrected chi connectivity index (χ2v) is 9.99. The molecule has 0 saturated carbocycles. The molecule has 33 heavy (non-hydrogen) atoms. The lowest BCUT2D eigenvalue weighted by molar-refractivity contribution is -0.120. The van der Waals surface area contributed by atoms with E-state index in [1.807, 2.05) is 42.5 Å². The SMILES string of the molecule is COc1ccccc1NC(=O)C1CCN(S(=O)(=O)c2c(C)nn(-c3ccccc3)c2C)CC1. The zero-order valence-corrected chi connectivity index (χ0v) is 19.8. The van der Waals surface area contributed by atoms with Gasteiger partial charge in [-0.05, 0) is 51.0 Å². The molecule has 0 unspecified atom stereocenters. The molecule has 0 radical (unpaired) electrons. The molecule has 2 aromatic carbocycles. The maximum absolute atomic E-state index is 13.5. The summed E-state index contributed by atoms with van der Waals surface area (Å²) in [6.07, 6.45) is 0.899. The van der Waals surface area contributed by atoms with Crippen molar-refractivity contribution in [3.05, 3.63) is 66.0 Å². The zero-order valence-electron chi connectivity index (χ0n) is 19.0. The third-order valence-corrected chi connectivity index (χ3v) is 8.16. The van der Waals surface area contributed by atoms with Crippen LogP contribution >= 0.6 is 0 Å². The third-order valence-electron chi connectivity index (χ3n) is 6.01. The molecule has 1 saturated heterocycles. The maximum Gasteiger partial charge on any atom is 0.246 e. The number of ether oxygens (including phenoxy) is 1. The zero-order chi connectivity index (χ0) is 23.6. The van der Waals surface area contributed by atoms with E-state index in [2.05, 4.69) is 10.4 Å². The Morgan fingerprint density at radius 1 is 1.03 bits per heavy atom. The lowest BCUT2D eigenvalue weighted by Gasteiger charge is -2.30. The first-order chi connectivity index (χ1) is 15.8. The largest absolute Gasteiger partial charge is 0.495 e. The lowest BCUT2D eigenvalue weighted by atomic mass is 9.97. The van der Waals surface area contributed by atoms with E-state index >= 15 is 0 Å². The number of hydrogen-bond acceptors (Lipinski definition) is 5. The number of amides is 1. The molecule has 3 aromatic rings. The Bertz CT molecular complexity index is 1250. The van der Waals surface area contributed by atoms with Gasteiger partial charge in [0.25, 0.3) is 0 Å². The van der Waals surface area contributed by atoms with Crippen molar-refractivity contribution in [1.82, 2.24) is 14.1 Å². The van der Waals surface area contributed by atoms with Crippen LogP contribution in [0.1, 0.15) is 24.2 Å². The van der Waals surface area contributed by atoms with Crippen molar-refractivity contribution in [3.63, 3.8) is 0 Å². The molecule has 0 spiro atoms. The Balaban J connectivity index is 1.48. The summed E-state index contributed by atoms with van der Waals surface area (Å²) < 4.78 is 35.4. The normalized spacial score (nSPS) is 15.4. The lowest BCUT2D eigenvalue weighted by Crippen LogP contribution is -2.41. The summed E-state index contributed by atoms with van der Waals surface area (Å²) in [5, 5.41) is 7.39. The fourth-order valence-electron chi connectivity index (χ4n) is 4.29. The number of para-hydroxylation sites is 3. The highest BCUT2D eigenvalue weighted by Crippen LogP contribution is 2.30. The molecule has 0 bridgehead atoms. The Kier molecular flexibility index (Phi) is 6.53. The van der Waals surface area contributed by atoms with Crippen molar-refractivity contribution in [2.45, 2.75) is 31.6 Å². The highest BCUT2D eigenvalue weighted by Gasteiger charge is 2.35. The first-order valence-electron chi connectivity index (χ1n) is 10.9. The summed E-state index contributed by atoms with van der Waals surface area (Å²) >= 11 is 0. The van der Waals surface area contributed by atoms with E-state index in [1.54, 1.807) is 37.8 Å². The molecule has 0 atom stereocenters. The van der Waals surface area contributed by atoms with Gasteiger partial charge >= 0.3 is 0 Å². The van der Waals surface area contributed by atoms with E-state index in [0.717, 1.165) is 5.69 Å². The molecule has 1 aliphatic heterocycles. The van der Waals surface area contributed by atoms with Crippen molar-refractivity contribution in [2.24, 2.45) is 5.92 Å². The minimum Gasteiger partial charge on any atom is -0.495 e. The summed E-state index contributed by atoms with van der Waals surface area (Å²) in [7, 11) is -2.18. The number of carbonyl (C=O) groups excluding carboxylic acids is 1. The first-order valence-corrected chi connectivity index (χ1v) is 12.3. The molecule has 1 aliphatic rings. The number of anilines is 1. The number of carbonyl (C=O) groups is 1. The van der Waals surface area contributed by atoms with Crippen LogP contribution in [-0.2, 0) is 14.8 Å². The second kappa shape index (κ2) is 9.36. The van der Waals surface area contributed by atoms with Gasteiger partial charge in [0.2, 0.25) is 15.9 Å². The van der Waals surface area contributed by atoms with Crippen molar-refractivity contribution < 1.29 is 17.9 Å². The topological polar surface area (TPSA) is 93.5 Å². The standard InChI is InChI=1S/C24H28N4O4S/c1-17-23(18(2)28(26-17)20-9-5-4-6-10-20)33(30,31)27-15-13-19(14-16-27)24(29)25-21-11-7-8-12-22(21)32-3/h4-12,19H,13-16H2,1-3H3,(H,25,29). The number of sulfonamides is 1. The van der Waals surface area contributed by atoms with Crippen LogP contribution in [0.25, 0.3) is 5.69 Å². The fraction of sp³-hybridized carbons (Fsp3) is 0.333. The molecule has 0 aliphatic carbocycles. The second-order valence-electron chi connectivity index (χ2n) is 8.12. The molecular weight excluding hydrogens is 440 g/mol. The Morgan fingerprint density at radius 2 is 1.67 bits per heavy atom. The number of methoxy groups -OCH3 is 1. The number of nitrogens with zero attached hydrogens (tertiary/aromatic N) is 3. The van der Waals surface area contributed by atoms with Crippen LogP contribution in [-0.4, -0.2) is 48.6 Å². The van der Waals surface area contributed by atoms with Crippen LogP contribution in [0.5, 0.6) is 5.75 Å². The number of nitrogens with one attached hydrogen (secondary N) is 1. The van der Waals surface area contributed by atoms with Crippen LogP contribution in [0.15, 0.2) is 59.5 Å². The van der Waals surface area contributed by atoms with Gasteiger partial charge in [0, 0.05) is 19.0 Å². The number of benzene rings is 2. The monoisotopic (exact) mass is 468 g/mol. The summed E-state index contributed by atoms with van der Waals surface area (Å²) in [4.78, 5) is 13.0. The van der Waals surface area contributed by atoms with E-state index in [9.17, 15) is 13.2 Å². The molecule has 9 heteroatoms. The molecule has 1 amide bonds. The molecule has 8 nitrogen and oxygen atoms in total. The minimum absolute atomic E-state index is 0.124. The average molecular weight is 469 g/mol. The number of aromatic nitrogens is 2. The molecule has 1 aromatic heterocycles. The maximum atomic E-state index is 13.5. The highest BCUT2D eigenvalue weighted by atomic mass is 32.2. The predicted octanol–water partition coefficient (Wildman–Crippen LogP) is 3.54. The van der Waals surface area contributed by atoms with E-state index in [4.69, 9.17) is 4.74 Å². The third kappa shape index (κ3) is 4.51. The molecule has 2 heterocycles.